The number of hydrogen-bond acceptors (Lipinski definition) is 8. The molecule has 3 atom stereocenters. The fourth-order valence-electron chi connectivity index (χ4n) is 4.47. The first-order chi connectivity index (χ1) is 13.6. The van der Waals surface area contributed by atoms with Crippen LogP contribution in [0.1, 0.15) is 38.0 Å². The summed E-state index contributed by atoms with van der Waals surface area (Å²) in [6, 6.07) is 6.05. The number of ether oxygens (including phenoxy) is 1. The van der Waals surface area contributed by atoms with Gasteiger partial charge in [0.1, 0.15) is 6.04 Å². The summed E-state index contributed by atoms with van der Waals surface area (Å²) in [5.41, 5.74) is 0.649. The number of non-ortho nitro benzene ring substituents is 1. The second kappa shape index (κ2) is 7.67. The number of nitro benzene ring substituents is 1. The average Bonchev–Trinajstić information content (AvgIpc) is 3.33. The van der Waals surface area contributed by atoms with E-state index in [0.29, 0.717) is 35.8 Å². The lowest BCUT2D eigenvalue weighted by Gasteiger charge is -2.32. The molecule has 0 spiro atoms. The summed E-state index contributed by atoms with van der Waals surface area (Å²) in [6.45, 7) is 0.390. The minimum atomic E-state index is -0.452. The van der Waals surface area contributed by atoms with Crippen LogP contribution in [-0.4, -0.2) is 45.1 Å². The highest BCUT2D eigenvalue weighted by Crippen LogP contribution is 2.40. The number of aromatic nitrogens is 2. The molecule has 3 unspecified atom stereocenters. The van der Waals surface area contributed by atoms with Crippen LogP contribution in [0.25, 0.3) is 11.4 Å². The van der Waals surface area contributed by atoms with Crippen molar-refractivity contribution in [3.05, 3.63) is 40.3 Å². The Bertz CT molecular complexity index is 865. The highest BCUT2D eigenvalue weighted by Gasteiger charge is 2.46. The van der Waals surface area contributed by atoms with Crippen molar-refractivity contribution in [3.63, 3.8) is 0 Å². The van der Waals surface area contributed by atoms with Crippen LogP contribution in [0.5, 0.6) is 0 Å². The number of esters is 1. The molecule has 1 saturated carbocycles. The second-order valence-electron chi connectivity index (χ2n) is 7.37. The van der Waals surface area contributed by atoms with Crippen molar-refractivity contribution in [2.75, 3.05) is 7.11 Å². The van der Waals surface area contributed by atoms with Crippen LogP contribution >= 0.6 is 0 Å². The second-order valence-corrected chi connectivity index (χ2v) is 7.37. The molecule has 1 aliphatic carbocycles. The summed E-state index contributed by atoms with van der Waals surface area (Å²) >= 11 is 0. The van der Waals surface area contributed by atoms with E-state index < -0.39 is 4.92 Å². The van der Waals surface area contributed by atoms with Gasteiger partial charge in [-0.1, -0.05) is 18.0 Å². The van der Waals surface area contributed by atoms with Gasteiger partial charge in [0.15, 0.2) is 0 Å². The summed E-state index contributed by atoms with van der Waals surface area (Å²) in [7, 11) is 1.42. The van der Waals surface area contributed by atoms with E-state index >= 15 is 0 Å². The number of rotatable bonds is 5. The molecule has 9 nitrogen and oxygen atoms in total. The standard InChI is InChI=1S/C19H22N4O5/c1-27-19(24)16-10-13-4-2-3-5-15(13)22(16)11-17-20-18(21-28-17)12-6-8-14(9-7-12)23(25)26/h6-9,13,15-16H,2-5,10-11H2,1H3. The molecule has 148 valence electrons. The van der Waals surface area contributed by atoms with Crippen LogP contribution in [0.3, 0.4) is 0 Å². The van der Waals surface area contributed by atoms with Crippen molar-refractivity contribution in [3.8, 4) is 11.4 Å². The van der Waals surface area contributed by atoms with Crippen LogP contribution in [0.2, 0.25) is 0 Å². The quantitative estimate of drug-likeness (QED) is 0.438. The van der Waals surface area contributed by atoms with Crippen molar-refractivity contribution < 1.29 is 19.0 Å². The number of likely N-dealkylation sites (tertiary alicyclic amines) is 1. The van der Waals surface area contributed by atoms with E-state index in [-0.39, 0.29) is 17.7 Å². The zero-order chi connectivity index (χ0) is 19.7. The number of nitrogens with zero attached hydrogens (tertiary/aromatic N) is 4. The molecular weight excluding hydrogens is 364 g/mol. The Balaban J connectivity index is 1.53. The lowest BCUT2D eigenvalue weighted by molar-refractivity contribution is -0.384. The summed E-state index contributed by atoms with van der Waals surface area (Å²) < 4.78 is 10.4. The third-order valence-electron chi connectivity index (χ3n) is 5.82. The van der Waals surface area contributed by atoms with Gasteiger partial charge in [-0.2, -0.15) is 4.98 Å². The highest BCUT2D eigenvalue weighted by molar-refractivity contribution is 5.76. The predicted octanol–water partition coefficient (Wildman–Crippen LogP) is 2.95. The monoisotopic (exact) mass is 386 g/mol. The van der Waals surface area contributed by atoms with Gasteiger partial charge in [0.05, 0.1) is 18.6 Å². The molecular formula is C19H22N4O5. The van der Waals surface area contributed by atoms with Gasteiger partial charge in [0.2, 0.25) is 11.7 Å². The lowest BCUT2D eigenvalue weighted by atomic mass is 9.85. The van der Waals surface area contributed by atoms with Gasteiger partial charge in [-0.3, -0.25) is 19.8 Å². The van der Waals surface area contributed by atoms with Crippen LogP contribution in [-0.2, 0) is 16.1 Å². The van der Waals surface area contributed by atoms with Crippen LogP contribution in [0.4, 0.5) is 5.69 Å². The summed E-state index contributed by atoms with van der Waals surface area (Å²) in [6.07, 6.45) is 5.35. The zero-order valence-corrected chi connectivity index (χ0v) is 15.6. The molecule has 28 heavy (non-hydrogen) atoms. The number of carbonyl (C=O) groups is 1. The van der Waals surface area contributed by atoms with Crippen molar-refractivity contribution in [1.82, 2.24) is 15.0 Å². The largest absolute Gasteiger partial charge is 0.468 e. The fourth-order valence-corrected chi connectivity index (χ4v) is 4.47. The molecule has 1 aliphatic heterocycles. The molecule has 1 aromatic carbocycles. The third kappa shape index (κ3) is 3.49. The molecule has 2 aromatic rings. The predicted molar refractivity (Wildman–Crippen MR) is 98.1 cm³/mol. The molecule has 9 heteroatoms. The first kappa shape index (κ1) is 18.5. The molecule has 0 N–H and O–H groups in total. The van der Waals surface area contributed by atoms with E-state index in [1.165, 1.54) is 25.7 Å². The van der Waals surface area contributed by atoms with Gasteiger partial charge in [0.25, 0.3) is 5.69 Å². The Morgan fingerprint density at radius 1 is 1.32 bits per heavy atom. The Kier molecular flexibility index (Phi) is 5.08. The molecule has 2 heterocycles. The van der Waals surface area contributed by atoms with E-state index in [1.807, 2.05) is 0 Å². The van der Waals surface area contributed by atoms with Gasteiger partial charge in [-0.15, -0.1) is 0 Å². The Labute approximate surface area is 161 Å². The molecule has 2 aliphatic rings. The number of fused-ring (bicyclic) bond motifs is 1. The number of hydrogen-bond donors (Lipinski definition) is 0. The van der Waals surface area contributed by atoms with Gasteiger partial charge < -0.3 is 9.26 Å². The SMILES string of the molecule is COC(=O)C1CC2CCCCC2N1Cc1nc(-c2ccc([N+](=O)[O-])cc2)no1. The number of methoxy groups -OCH3 is 1. The van der Waals surface area contributed by atoms with Gasteiger partial charge in [-0.25, -0.2) is 0 Å². The van der Waals surface area contributed by atoms with Gasteiger partial charge >= 0.3 is 5.97 Å². The maximum absolute atomic E-state index is 12.3. The maximum Gasteiger partial charge on any atom is 0.323 e. The number of benzene rings is 1. The molecule has 0 amide bonds. The molecule has 0 bridgehead atoms. The Morgan fingerprint density at radius 2 is 2.07 bits per heavy atom. The van der Waals surface area contributed by atoms with Crippen LogP contribution in [0.15, 0.2) is 28.8 Å². The minimum absolute atomic E-state index is 0.00814. The Hall–Kier alpha value is -2.81. The van der Waals surface area contributed by atoms with Gasteiger partial charge in [-0.05, 0) is 37.3 Å². The summed E-state index contributed by atoms with van der Waals surface area (Å²) in [4.78, 5) is 29.2. The lowest BCUT2D eigenvalue weighted by Crippen LogP contribution is -2.42. The van der Waals surface area contributed by atoms with Crippen molar-refractivity contribution in [2.45, 2.75) is 50.7 Å². The third-order valence-corrected chi connectivity index (χ3v) is 5.82. The molecule has 2 fully saturated rings. The minimum Gasteiger partial charge on any atom is -0.468 e. The van der Waals surface area contributed by atoms with E-state index in [9.17, 15) is 14.9 Å². The number of carbonyl (C=O) groups excluding carboxylic acids is 1. The molecule has 1 saturated heterocycles. The van der Waals surface area contributed by atoms with Crippen LogP contribution in [0, 0.1) is 16.0 Å². The highest BCUT2D eigenvalue weighted by atomic mass is 16.6. The first-order valence-electron chi connectivity index (χ1n) is 9.48. The Morgan fingerprint density at radius 3 is 2.79 bits per heavy atom. The molecule has 0 radical (unpaired) electrons. The van der Waals surface area contributed by atoms with E-state index in [1.54, 1.807) is 12.1 Å². The van der Waals surface area contributed by atoms with E-state index in [4.69, 9.17) is 9.26 Å². The zero-order valence-electron chi connectivity index (χ0n) is 15.6. The smallest absolute Gasteiger partial charge is 0.323 e. The summed E-state index contributed by atoms with van der Waals surface area (Å²) in [5, 5.41) is 14.8. The fraction of sp³-hybridized carbons (Fsp3) is 0.526. The maximum atomic E-state index is 12.3. The van der Waals surface area contributed by atoms with E-state index in [0.717, 1.165) is 25.7 Å². The van der Waals surface area contributed by atoms with Crippen molar-refractivity contribution in [2.24, 2.45) is 5.92 Å². The van der Waals surface area contributed by atoms with Crippen molar-refractivity contribution in [1.29, 1.82) is 0 Å². The van der Waals surface area contributed by atoms with Crippen molar-refractivity contribution >= 4 is 11.7 Å². The molecule has 1 aromatic heterocycles. The molecule has 4 rings (SSSR count). The van der Waals surface area contributed by atoms with Crippen LogP contribution < -0.4 is 0 Å². The topological polar surface area (TPSA) is 112 Å². The van der Waals surface area contributed by atoms with E-state index in [2.05, 4.69) is 15.0 Å². The van der Waals surface area contributed by atoms with Gasteiger partial charge in [0, 0.05) is 23.7 Å². The first-order valence-corrected chi connectivity index (χ1v) is 9.48. The average molecular weight is 386 g/mol. The normalized spacial score (nSPS) is 24.7. The number of nitro groups is 1. The summed E-state index contributed by atoms with van der Waals surface area (Å²) in [5.74, 6) is 1.08.